The molecule has 2 aromatic rings. The molecule has 2 aromatic carbocycles. The summed E-state index contributed by atoms with van der Waals surface area (Å²) in [6.45, 7) is 2.56. The number of anilines is 2. The maximum Gasteiger partial charge on any atom is 0.319 e. The Bertz CT molecular complexity index is 823. The van der Waals surface area contributed by atoms with Crippen LogP contribution in [0.5, 0.6) is 5.75 Å². The van der Waals surface area contributed by atoms with Crippen molar-refractivity contribution in [3.8, 4) is 5.75 Å². The van der Waals surface area contributed by atoms with E-state index in [0.29, 0.717) is 29.4 Å². The fraction of sp³-hybridized carbons (Fsp3) is 0.263. The minimum atomic E-state index is -0.568. The lowest BCUT2D eigenvalue weighted by molar-refractivity contribution is -0.118. The van der Waals surface area contributed by atoms with Gasteiger partial charge in [-0.25, -0.2) is 4.79 Å². The molecule has 1 saturated heterocycles. The van der Waals surface area contributed by atoms with Crippen molar-refractivity contribution < 1.29 is 14.3 Å². The number of urea groups is 1. The lowest BCUT2D eigenvalue weighted by atomic mass is 10.2. The molecule has 2 N–H and O–H groups in total. The number of carbonyl (C=O) groups excluding carboxylic acids is 2. The van der Waals surface area contributed by atoms with Crippen molar-refractivity contribution in [2.75, 3.05) is 23.9 Å². The smallest absolute Gasteiger partial charge is 0.319 e. The van der Waals surface area contributed by atoms with Crippen molar-refractivity contribution in [3.05, 3.63) is 53.1 Å². The monoisotopic (exact) mass is 373 g/mol. The first-order valence-electron chi connectivity index (χ1n) is 8.27. The molecule has 0 radical (unpaired) electrons. The molecule has 26 heavy (non-hydrogen) atoms. The fourth-order valence-electron chi connectivity index (χ4n) is 2.89. The van der Waals surface area contributed by atoms with Crippen molar-refractivity contribution in [3.63, 3.8) is 0 Å². The van der Waals surface area contributed by atoms with Gasteiger partial charge in [0.2, 0.25) is 5.91 Å². The Balaban J connectivity index is 1.64. The van der Waals surface area contributed by atoms with Gasteiger partial charge in [-0.2, -0.15) is 0 Å². The molecule has 1 aliphatic heterocycles. The van der Waals surface area contributed by atoms with Crippen LogP contribution in [0.3, 0.4) is 0 Å². The van der Waals surface area contributed by atoms with Crippen molar-refractivity contribution in [1.82, 2.24) is 5.32 Å². The average molecular weight is 374 g/mol. The van der Waals surface area contributed by atoms with E-state index < -0.39 is 12.1 Å². The maximum absolute atomic E-state index is 12.6. The van der Waals surface area contributed by atoms with Crippen molar-refractivity contribution in [2.45, 2.75) is 19.4 Å². The fourth-order valence-corrected chi connectivity index (χ4v) is 3.06. The van der Waals surface area contributed by atoms with Gasteiger partial charge in [0.05, 0.1) is 12.8 Å². The molecule has 0 aliphatic carbocycles. The van der Waals surface area contributed by atoms with E-state index in [1.165, 1.54) is 7.11 Å². The number of rotatable bonds is 4. The maximum atomic E-state index is 12.6. The lowest BCUT2D eigenvalue weighted by Gasteiger charge is -2.18. The van der Waals surface area contributed by atoms with Crippen LogP contribution in [0.4, 0.5) is 16.2 Å². The van der Waals surface area contributed by atoms with Crippen LogP contribution in [0.15, 0.2) is 42.5 Å². The van der Waals surface area contributed by atoms with Crippen LogP contribution in [0.2, 0.25) is 5.02 Å². The van der Waals surface area contributed by atoms with E-state index in [4.69, 9.17) is 16.3 Å². The quantitative estimate of drug-likeness (QED) is 0.860. The predicted octanol–water partition coefficient (Wildman–Crippen LogP) is 3.58. The molecule has 0 aromatic heterocycles. The Kier molecular flexibility index (Phi) is 5.32. The normalized spacial score (nSPS) is 16.5. The Morgan fingerprint density at radius 3 is 2.65 bits per heavy atom. The summed E-state index contributed by atoms with van der Waals surface area (Å²) in [5.74, 6) is 0.366. The molecule has 3 amide bonds. The Labute approximate surface area is 157 Å². The molecule has 0 unspecified atom stereocenters. The van der Waals surface area contributed by atoms with Gasteiger partial charge in [0, 0.05) is 17.3 Å². The van der Waals surface area contributed by atoms with Crippen molar-refractivity contribution in [2.24, 2.45) is 0 Å². The van der Waals surface area contributed by atoms with Gasteiger partial charge in [0.15, 0.2) is 0 Å². The number of methoxy groups -OCH3 is 1. The van der Waals surface area contributed by atoms with Gasteiger partial charge < -0.3 is 20.3 Å². The molecule has 3 rings (SSSR count). The largest absolute Gasteiger partial charge is 0.495 e. The Hall–Kier alpha value is -2.73. The van der Waals surface area contributed by atoms with E-state index in [1.54, 1.807) is 23.1 Å². The van der Waals surface area contributed by atoms with Crippen LogP contribution in [0.25, 0.3) is 0 Å². The molecular weight excluding hydrogens is 354 g/mol. The van der Waals surface area contributed by atoms with Gasteiger partial charge in [-0.05, 0) is 43.7 Å². The first kappa shape index (κ1) is 18.1. The van der Waals surface area contributed by atoms with Crippen molar-refractivity contribution >= 4 is 34.9 Å². The number of benzene rings is 2. The molecule has 0 saturated carbocycles. The molecule has 1 fully saturated rings. The molecule has 7 heteroatoms. The van der Waals surface area contributed by atoms with Gasteiger partial charge in [-0.3, -0.25) is 4.79 Å². The summed E-state index contributed by atoms with van der Waals surface area (Å²) in [5.41, 5.74) is 2.41. The molecular formula is C19H20ClN3O3. The topological polar surface area (TPSA) is 70.7 Å². The number of amides is 3. The first-order chi connectivity index (χ1) is 12.5. The second kappa shape index (κ2) is 7.66. The molecule has 1 aliphatic rings. The summed E-state index contributed by atoms with van der Waals surface area (Å²) < 4.78 is 5.20. The molecule has 1 atom stereocenters. The molecule has 0 bridgehead atoms. The minimum Gasteiger partial charge on any atom is -0.495 e. The number of halogens is 1. The number of nitrogens with one attached hydrogen (secondary N) is 2. The van der Waals surface area contributed by atoms with Gasteiger partial charge >= 0.3 is 6.03 Å². The van der Waals surface area contributed by atoms with E-state index in [1.807, 2.05) is 31.2 Å². The standard InChI is InChI=1S/C19H20ClN3O3/c1-12-3-6-14(7-4-12)23-10-9-15(18(23)24)21-19(25)22-16-11-13(20)5-8-17(16)26-2/h3-8,11,15H,9-10H2,1-2H3,(H2,21,22,25)/t15-/m0/s1. The molecule has 6 nitrogen and oxygen atoms in total. The van der Waals surface area contributed by atoms with Gasteiger partial charge in [-0.1, -0.05) is 29.3 Å². The molecule has 136 valence electrons. The molecule has 1 heterocycles. The number of nitrogens with zero attached hydrogens (tertiary/aromatic N) is 1. The Morgan fingerprint density at radius 2 is 1.96 bits per heavy atom. The molecule has 0 spiro atoms. The Morgan fingerprint density at radius 1 is 1.23 bits per heavy atom. The van der Waals surface area contributed by atoms with Crippen LogP contribution in [-0.4, -0.2) is 31.6 Å². The number of carbonyl (C=O) groups is 2. The van der Waals surface area contributed by atoms with Gasteiger partial charge in [-0.15, -0.1) is 0 Å². The second-order valence-corrected chi connectivity index (χ2v) is 6.55. The van der Waals surface area contributed by atoms with Crippen LogP contribution >= 0.6 is 11.6 Å². The summed E-state index contributed by atoms with van der Waals surface area (Å²) in [5, 5.41) is 5.88. The summed E-state index contributed by atoms with van der Waals surface area (Å²) in [6.07, 6.45) is 0.548. The van der Waals surface area contributed by atoms with E-state index in [-0.39, 0.29) is 5.91 Å². The number of hydrogen-bond acceptors (Lipinski definition) is 3. The number of ether oxygens (including phenoxy) is 1. The van der Waals surface area contributed by atoms with Gasteiger partial charge in [0.1, 0.15) is 11.8 Å². The third-order valence-corrected chi connectivity index (χ3v) is 4.50. The van der Waals surface area contributed by atoms with E-state index in [2.05, 4.69) is 10.6 Å². The van der Waals surface area contributed by atoms with Crippen LogP contribution in [0, 0.1) is 6.92 Å². The minimum absolute atomic E-state index is 0.123. The summed E-state index contributed by atoms with van der Waals surface area (Å²) in [7, 11) is 1.51. The SMILES string of the molecule is COc1ccc(Cl)cc1NC(=O)N[C@H]1CCN(c2ccc(C)cc2)C1=O. The second-order valence-electron chi connectivity index (χ2n) is 6.11. The zero-order valence-corrected chi connectivity index (χ0v) is 15.3. The highest BCUT2D eigenvalue weighted by molar-refractivity contribution is 6.31. The highest BCUT2D eigenvalue weighted by atomic mass is 35.5. The number of hydrogen-bond donors (Lipinski definition) is 2. The summed E-state index contributed by atoms with van der Waals surface area (Å²) in [6, 6.07) is 11.6. The third kappa shape index (κ3) is 3.91. The van der Waals surface area contributed by atoms with Crippen LogP contribution in [0.1, 0.15) is 12.0 Å². The van der Waals surface area contributed by atoms with E-state index in [0.717, 1.165) is 11.3 Å². The zero-order chi connectivity index (χ0) is 18.7. The third-order valence-electron chi connectivity index (χ3n) is 4.27. The predicted molar refractivity (Wildman–Crippen MR) is 102 cm³/mol. The highest BCUT2D eigenvalue weighted by Gasteiger charge is 2.33. The lowest BCUT2D eigenvalue weighted by Crippen LogP contribution is -2.43. The van der Waals surface area contributed by atoms with E-state index in [9.17, 15) is 9.59 Å². The summed E-state index contributed by atoms with van der Waals surface area (Å²) in [4.78, 5) is 26.6. The van der Waals surface area contributed by atoms with Crippen molar-refractivity contribution in [1.29, 1.82) is 0 Å². The average Bonchev–Trinajstić information content (AvgIpc) is 2.96. The van der Waals surface area contributed by atoms with Gasteiger partial charge in [0.25, 0.3) is 0 Å². The summed E-state index contributed by atoms with van der Waals surface area (Å²) >= 11 is 5.96. The highest BCUT2D eigenvalue weighted by Crippen LogP contribution is 2.28. The van der Waals surface area contributed by atoms with E-state index >= 15 is 0 Å². The number of aryl methyl sites for hydroxylation is 1. The first-order valence-corrected chi connectivity index (χ1v) is 8.65. The zero-order valence-electron chi connectivity index (χ0n) is 14.6. The van der Waals surface area contributed by atoms with Crippen LogP contribution < -0.4 is 20.3 Å². The van der Waals surface area contributed by atoms with Crippen LogP contribution in [-0.2, 0) is 4.79 Å².